The summed E-state index contributed by atoms with van der Waals surface area (Å²) in [5.74, 6) is 0.547. The summed E-state index contributed by atoms with van der Waals surface area (Å²) in [5, 5.41) is 3.02. The molecule has 0 saturated heterocycles. The van der Waals surface area contributed by atoms with Crippen molar-refractivity contribution in [1.82, 2.24) is 0 Å². The third-order valence-corrected chi connectivity index (χ3v) is 5.36. The number of hydrogen-bond donors (Lipinski definition) is 1. The summed E-state index contributed by atoms with van der Waals surface area (Å²) in [7, 11) is 0. The number of Topliss-reactive ketones (excluding diaryl/α,β-unsaturated/α-hetero) is 1. The van der Waals surface area contributed by atoms with E-state index in [0.717, 1.165) is 52.8 Å². The predicted molar refractivity (Wildman–Crippen MR) is 99.8 cm³/mol. The number of anilines is 1. The predicted octanol–water partition coefficient (Wildman–Crippen LogP) is 4.78. The smallest absolute Gasteiger partial charge is 0.227 e. The van der Waals surface area contributed by atoms with E-state index >= 15 is 0 Å². The molecule has 0 radical (unpaired) electrons. The fraction of sp³-hybridized carbons (Fsp3) is 0.364. The quantitative estimate of drug-likeness (QED) is 0.879. The van der Waals surface area contributed by atoms with Gasteiger partial charge in [0.1, 0.15) is 0 Å². The summed E-state index contributed by atoms with van der Waals surface area (Å²) in [5.41, 5.74) is 5.87. The Hall–Kier alpha value is -2.42. The highest BCUT2D eigenvalue weighted by Gasteiger charge is 2.37. The summed E-state index contributed by atoms with van der Waals surface area (Å²) in [6.07, 6.45) is 2.78. The largest absolute Gasteiger partial charge is 0.326 e. The summed E-state index contributed by atoms with van der Waals surface area (Å²) >= 11 is 0. The standard InChI is InChI=1S/C22H23NO2/c1-13-4-8-17(23-21(25)14-5-6-14)11-19(13)15-7-9-18-16(10-15)12-22(2,3)20(18)24/h4,7-11,14H,5-6,12H2,1-3H3,(H,23,25). The van der Waals surface area contributed by atoms with Gasteiger partial charge in [0.25, 0.3) is 0 Å². The molecule has 2 aromatic rings. The van der Waals surface area contributed by atoms with E-state index in [2.05, 4.69) is 18.3 Å². The number of fused-ring (bicyclic) bond motifs is 1. The van der Waals surface area contributed by atoms with E-state index in [1.165, 1.54) is 0 Å². The highest BCUT2D eigenvalue weighted by molar-refractivity contribution is 6.05. The first-order valence-corrected chi connectivity index (χ1v) is 8.95. The molecule has 4 rings (SSSR count). The van der Waals surface area contributed by atoms with E-state index in [-0.39, 0.29) is 23.0 Å². The normalized spacial score (nSPS) is 18.1. The van der Waals surface area contributed by atoms with Crippen LogP contribution in [0.4, 0.5) is 5.69 Å². The molecule has 0 aromatic heterocycles. The van der Waals surface area contributed by atoms with E-state index in [0.29, 0.717) is 0 Å². The number of ketones is 1. The first-order valence-electron chi connectivity index (χ1n) is 8.95. The lowest BCUT2D eigenvalue weighted by Crippen LogP contribution is -2.18. The average molecular weight is 333 g/mol. The third kappa shape index (κ3) is 2.88. The Morgan fingerprint density at radius 1 is 1.08 bits per heavy atom. The minimum atomic E-state index is -0.309. The van der Waals surface area contributed by atoms with Gasteiger partial charge in [0.15, 0.2) is 5.78 Å². The number of nitrogens with one attached hydrogen (secondary N) is 1. The molecule has 2 aliphatic rings. The van der Waals surface area contributed by atoms with E-state index in [4.69, 9.17) is 0 Å². The molecule has 0 unspecified atom stereocenters. The topological polar surface area (TPSA) is 46.2 Å². The van der Waals surface area contributed by atoms with Crippen LogP contribution >= 0.6 is 0 Å². The van der Waals surface area contributed by atoms with Gasteiger partial charge in [-0.3, -0.25) is 9.59 Å². The van der Waals surface area contributed by atoms with E-state index in [1.807, 2.05) is 44.2 Å². The maximum atomic E-state index is 12.4. The SMILES string of the molecule is Cc1ccc(NC(=O)C2CC2)cc1-c1ccc2c(c1)CC(C)(C)C2=O. The molecule has 0 aliphatic heterocycles. The molecule has 1 amide bonds. The first kappa shape index (κ1) is 16.1. The first-order chi connectivity index (χ1) is 11.8. The van der Waals surface area contributed by atoms with Crippen molar-refractivity contribution in [3.8, 4) is 11.1 Å². The second kappa shape index (κ2) is 5.55. The summed E-state index contributed by atoms with van der Waals surface area (Å²) in [6.45, 7) is 6.09. The Kier molecular flexibility index (Phi) is 3.57. The number of carbonyl (C=O) groups is 2. The van der Waals surface area contributed by atoms with E-state index in [9.17, 15) is 9.59 Å². The maximum absolute atomic E-state index is 12.4. The van der Waals surface area contributed by atoms with Crippen LogP contribution < -0.4 is 5.32 Å². The number of carbonyl (C=O) groups excluding carboxylic acids is 2. The minimum absolute atomic E-state index is 0.121. The zero-order valence-corrected chi connectivity index (χ0v) is 15.0. The summed E-state index contributed by atoms with van der Waals surface area (Å²) in [6, 6.07) is 12.2. The molecule has 25 heavy (non-hydrogen) atoms. The van der Waals surface area contributed by atoms with Crippen molar-refractivity contribution in [2.45, 2.75) is 40.0 Å². The number of aryl methyl sites for hydroxylation is 1. The number of amides is 1. The van der Waals surface area contributed by atoms with Crippen molar-refractivity contribution in [1.29, 1.82) is 0 Å². The Morgan fingerprint density at radius 3 is 2.56 bits per heavy atom. The van der Waals surface area contributed by atoms with Crippen molar-refractivity contribution in [3.63, 3.8) is 0 Å². The van der Waals surface area contributed by atoms with Crippen LogP contribution in [0.3, 0.4) is 0 Å². The second-order valence-corrected chi connectivity index (χ2v) is 8.05. The summed E-state index contributed by atoms with van der Waals surface area (Å²) in [4.78, 5) is 24.5. The lowest BCUT2D eigenvalue weighted by atomic mass is 9.89. The van der Waals surface area contributed by atoms with Crippen molar-refractivity contribution in [3.05, 3.63) is 53.1 Å². The van der Waals surface area contributed by atoms with Gasteiger partial charge < -0.3 is 5.32 Å². The molecular formula is C22H23NO2. The molecule has 3 nitrogen and oxygen atoms in total. The van der Waals surface area contributed by atoms with Gasteiger partial charge in [-0.05, 0) is 60.6 Å². The summed E-state index contributed by atoms with van der Waals surface area (Å²) < 4.78 is 0. The van der Waals surface area contributed by atoms with Crippen molar-refractivity contribution >= 4 is 17.4 Å². The molecule has 2 aliphatic carbocycles. The van der Waals surface area contributed by atoms with Crippen LogP contribution in [0, 0.1) is 18.3 Å². The molecule has 1 fully saturated rings. The van der Waals surface area contributed by atoms with Crippen LogP contribution in [-0.4, -0.2) is 11.7 Å². The highest BCUT2D eigenvalue weighted by atomic mass is 16.2. The Morgan fingerprint density at radius 2 is 1.84 bits per heavy atom. The molecule has 0 heterocycles. The zero-order valence-electron chi connectivity index (χ0n) is 15.0. The third-order valence-electron chi connectivity index (χ3n) is 5.36. The van der Waals surface area contributed by atoms with E-state index in [1.54, 1.807) is 0 Å². The van der Waals surface area contributed by atoms with Crippen molar-refractivity contribution < 1.29 is 9.59 Å². The van der Waals surface area contributed by atoms with Crippen LogP contribution in [0.2, 0.25) is 0 Å². The Labute approximate surface area is 148 Å². The fourth-order valence-corrected chi connectivity index (χ4v) is 3.65. The minimum Gasteiger partial charge on any atom is -0.326 e. The van der Waals surface area contributed by atoms with Crippen LogP contribution in [0.1, 0.15) is 48.2 Å². The van der Waals surface area contributed by atoms with Crippen molar-refractivity contribution in [2.75, 3.05) is 5.32 Å². The van der Waals surface area contributed by atoms with Gasteiger partial charge in [0, 0.05) is 22.6 Å². The molecule has 1 saturated carbocycles. The average Bonchev–Trinajstić information content (AvgIpc) is 3.37. The van der Waals surface area contributed by atoms with Crippen LogP contribution in [0.25, 0.3) is 11.1 Å². The van der Waals surface area contributed by atoms with Crippen LogP contribution in [-0.2, 0) is 11.2 Å². The van der Waals surface area contributed by atoms with Crippen molar-refractivity contribution in [2.24, 2.45) is 11.3 Å². The number of benzene rings is 2. The van der Waals surface area contributed by atoms with Gasteiger partial charge in [0.05, 0.1) is 0 Å². The van der Waals surface area contributed by atoms with Gasteiger partial charge >= 0.3 is 0 Å². The van der Waals surface area contributed by atoms with Crippen LogP contribution in [0.5, 0.6) is 0 Å². The Balaban J connectivity index is 1.68. The molecule has 0 bridgehead atoms. The highest BCUT2D eigenvalue weighted by Crippen LogP contribution is 2.39. The molecule has 2 aromatic carbocycles. The van der Waals surface area contributed by atoms with Gasteiger partial charge in [-0.25, -0.2) is 0 Å². The molecule has 3 heteroatoms. The van der Waals surface area contributed by atoms with Crippen LogP contribution in [0.15, 0.2) is 36.4 Å². The lowest BCUT2D eigenvalue weighted by Gasteiger charge is -2.13. The number of rotatable bonds is 3. The lowest BCUT2D eigenvalue weighted by molar-refractivity contribution is -0.117. The van der Waals surface area contributed by atoms with Gasteiger partial charge in [-0.1, -0.05) is 38.1 Å². The molecule has 0 spiro atoms. The molecule has 0 atom stereocenters. The second-order valence-electron chi connectivity index (χ2n) is 8.05. The Bertz CT molecular complexity index is 891. The zero-order chi connectivity index (χ0) is 17.8. The molecular weight excluding hydrogens is 310 g/mol. The molecule has 128 valence electrons. The monoisotopic (exact) mass is 333 g/mol. The van der Waals surface area contributed by atoms with Gasteiger partial charge in [-0.2, -0.15) is 0 Å². The fourth-order valence-electron chi connectivity index (χ4n) is 3.65. The number of hydrogen-bond acceptors (Lipinski definition) is 2. The van der Waals surface area contributed by atoms with Gasteiger partial charge in [-0.15, -0.1) is 0 Å². The maximum Gasteiger partial charge on any atom is 0.227 e. The molecule has 1 N–H and O–H groups in total. The van der Waals surface area contributed by atoms with Gasteiger partial charge in [0.2, 0.25) is 5.91 Å². The van der Waals surface area contributed by atoms with E-state index < -0.39 is 0 Å².